The highest BCUT2D eigenvalue weighted by molar-refractivity contribution is 6.03. The van der Waals surface area contributed by atoms with Gasteiger partial charge in [-0.05, 0) is 36.8 Å². The van der Waals surface area contributed by atoms with E-state index in [9.17, 15) is 4.79 Å². The molecule has 6 nitrogen and oxygen atoms in total. The van der Waals surface area contributed by atoms with Gasteiger partial charge in [0, 0.05) is 49.9 Å². The number of piperazine rings is 1. The Balaban J connectivity index is 1.36. The van der Waals surface area contributed by atoms with Crippen LogP contribution in [-0.4, -0.2) is 42.1 Å². The summed E-state index contributed by atoms with van der Waals surface area (Å²) in [4.78, 5) is 25.7. The number of benzene rings is 2. The number of hydrogen-bond acceptors (Lipinski definition) is 5. The molecule has 28 heavy (non-hydrogen) atoms. The molecule has 0 radical (unpaired) electrons. The molecule has 1 fully saturated rings. The van der Waals surface area contributed by atoms with Crippen LogP contribution in [0.5, 0.6) is 0 Å². The number of carbonyl (C=O) groups is 1. The highest BCUT2D eigenvalue weighted by Crippen LogP contribution is 2.18. The Morgan fingerprint density at radius 1 is 0.893 bits per heavy atom. The first kappa shape index (κ1) is 18.0. The molecule has 0 aliphatic carbocycles. The summed E-state index contributed by atoms with van der Waals surface area (Å²) in [6, 6.07) is 18.1. The zero-order chi connectivity index (χ0) is 19.3. The molecule has 2 aromatic carbocycles. The van der Waals surface area contributed by atoms with Gasteiger partial charge in [-0.15, -0.1) is 0 Å². The number of aryl methyl sites for hydroxylation is 1. The summed E-state index contributed by atoms with van der Waals surface area (Å²) >= 11 is 0. The van der Waals surface area contributed by atoms with Crippen molar-refractivity contribution in [2.24, 2.45) is 0 Å². The van der Waals surface area contributed by atoms with Crippen molar-refractivity contribution in [2.75, 3.05) is 41.3 Å². The zero-order valence-corrected chi connectivity index (χ0v) is 15.9. The Hall–Kier alpha value is -3.41. The van der Waals surface area contributed by atoms with E-state index in [0.29, 0.717) is 11.5 Å². The van der Waals surface area contributed by atoms with Gasteiger partial charge in [-0.2, -0.15) is 0 Å². The molecule has 4 rings (SSSR count). The predicted molar refractivity (Wildman–Crippen MR) is 112 cm³/mol. The minimum atomic E-state index is -0.203. The topological polar surface area (TPSA) is 61.4 Å². The molecule has 0 saturated carbocycles. The molecule has 0 spiro atoms. The van der Waals surface area contributed by atoms with Gasteiger partial charge in [0.2, 0.25) is 5.95 Å². The van der Waals surface area contributed by atoms with Crippen molar-refractivity contribution in [3.8, 4) is 0 Å². The van der Waals surface area contributed by atoms with Crippen LogP contribution in [0.25, 0.3) is 0 Å². The SMILES string of the molecule is Cc1cccc(NC(=O)c2cnc(N3CCN(c4ccccc4)CC3)nc2)c1. The van der Waals surface area contributed by atoms with E-state index in [1.54, 1.807) is 12.4 Å². The highest BCUT2D eigenvalue weighted by atomic mass is 16.1. The van der Waals surface area contributed by atoms with Crippen molar-refractivity contribution in [2.45, 2.75) is 6.92 Å². The largest absolute Gasteiger partial charge is 0.368 e. The first-order chi connectivity index (χ1) is 13.7. The van der Waals surface area contributed by atoms with Crippen LogP contribution >= 0.6 is 0 Å². The number of aromatic nitrogens is 2. The lowest BCUT2D eigenvalue weighted by atomic mass is 10.2. The molecule has 3 aromatic rings. The van der Waals surface area contributed by atoms with Crippen LogP contribution in [0.2, 0.25) is 0 Å². The molecule has 1 aliphatic rings. The van der Waals surface area contributed by atoms with E-state index >= 15 is 0 Å². The van der Waals surface area contributed by atoms with Gasteiger partial charge in [-0.3, -0.25) is 4.79 Å². The molecule has 0 unspecified atom stereocenters. The number of para-hydroxylation sites is 1. The molecule has 0 bridgehead atoms. The fourth-order valence-electron chi connectivity index (χ4n) is 3.33. The summed E-state index contributed by atoms with van der Waals surface area (Å²) in [5.74, 6) is 0.464. The third-order valence-corrected chi connectivity index (χ3v) is 4.86. The van der Waals surface area contributed by atoms with Crippen LogP contribution in [0.1, 0.15) is 15.9 Å². The Kier molecular flexibility index (Phi) is 5.19. The summed E-state index contributed by atoms with van der Waals surface area (Å²) in [5, 5.41) is 2.88. The molecule has 6 heteroatoms. The average molecular weight is 373 g/mol. The molecule has 1 N–H and O–H groups in total. The van der Waals surface area contributed by atoms with Crippen LogP contribution in [0.4, 0.5) is 17.3 Å². The van der Waals surface area contributed by atoms with Crippen molar-refractivity contribution in [1.29, 1.82) is 0 Å². The lowest BCUT2D eigenvalue weighted by Gasteiger charge is -2.36. The van der Waals surface area contributed by atoms with E-state index in [2.05, 4.69) is 49.4 Å². The molecule has 142 valence electrons. The molecular formula is C22H23N5O. The number of carbonyl (C=O) groups excluding carboxylic acids is 1. The van der Waals surface area contributed by atoms with Crippen LogP contribution in [-0.2, 0) is 0 Å². The number of anilines is 3. The number of nitrogens with zero attached hydrogens (tertiary/aromatic N) is 4. The Bertz CT molecular complexity index is 935. The zero-order valence-electron chi connectivity index (χ0n) is 15.9. The van der Waals surface area contributed by atoms with Crippen molar-refractivity contribution in [3.05, 3.63) is 78.1 Å². The van der Waals surface area contributed by atoms with Gasteiger partial charge in [-0.25, -0.2) is 9.97 Å². The monoisotopic (exact) mass is 373 g/mol. The van der Waals surface area contributed by atoms with Crippen molar-refractivity contribution in [3.63, 3.8) is 0 Å². The summed E-state index contributed by atoms with van der Waals surface area (Å²) in [7, 11) is 0. The fraction of sp³-hybridized carbons (Fsp3) is 0.227. The summed E-state index contributed by atoms with van der Waals surface area (Å²) < 4.78 is 0. The Labute approximate surface area is 164 Å². The molecule has 0 atom stereocenters. The Morgan fingerprint density at radius 2 is 1.57 bits per heavy atom. The lowest BCUT2D eigenvalue weighted by Crippen LogP contribution is -2.47. The number of rotatable bonds is 4. The normalized spacial score (nSPS) is 14.0. The van der Waals surface area contributed by atoms with Crippen LogP contribution in [0, 0.1) is 6.92 Å². The third kappa shape index (κ3) is 4.11. The smallest absolute Gasteiger partial charge is 0.258 e. The third-order valence-electron chi connectivity index (χ3n) is 4.86. The quantitative estimate of drug-likeness (QED) is 0.760. The predicted octanol–water partition coefficient (Wildman–Crippen LogP) is 3.36. The van der Waals surface area contributed by atoms with Crippen LogP contribution in [0.15, 0.2) is 67.0 Å². The van der Waals surface area contributed by atoms with Gasteiger partial charge >= 0.3 is 0 Å². The molecule has 1 aromatic heterocycles. The highest BCUT2D eigenvalue weighted by Gasteiger charge is 2.19. The van der Waals surface area contributed by atoms with Crippen LogP contribution in [0.3, 0.4) is 0 Å². The minimum Gasteiger partial charge on any atom is -0.368 e. The lowest BCUT2D eigenvalue weighted by molar-refractivity contribution is 0.102. The second-order valence-electron chi connectivity index (χ2n) is 6.90. The van der Waals surface area contributed by atoms with E-state index in [-0.39, 0.29) is 5.91 Å². The van der Waals surface area contributed by atoms with Gasteiger partial charge in [0.15, 0.2) is 0 Å². The maximum Gasteiger partial charge on any atom is 0.258 e. The number of amides is 1. The van der Waals surface area contributed by atoms with Gasteiger partial charge < -0.3 is 15.1 Å². The molecular weight excluding hydrogens is 350 g/mol. The standard InChI is InChI=1S/C22H23N5O/c1-17-6-5-7-19(14-17)25-21(28)18-15-23-22(24-16-18)27-12-10-26(11-13-27)20-8-3-2-4-9-20/h2-9,14-16H,10-13H2,1H3,(H,25,28). The Morgan fingerprint density at radius 3 is 2.25 bits per heavy atom. The summed E-state index contributed by atoms with van der Waals surface area (Å²) in [5.41, 5.74) is 3.56. The summed E-state index contributed by atoms with van der Waals surface area (Å²) in [6.45, 7) is 5.53. The minimum absolute atomic E-state index is 0.203. The molecule has 1 saturated heterocycles. The maximum atomic E-state index is 12.4. The molecule has 1 aliphatic heterocycles. The first-order valence-electron chi connectivity index (χ1n) is 9.44. The van der Waals surface area contributed by atoms with Gasteiger partial charge in [0.05, 0.1) is 5.56 Å². The molecule has 2 heterocycles. The van der Waals surface area contributed by atoms with E-state index < -0.39 is 0 Å². The average Bonchev–Trinajstić information content (AvgIpc) is 2.75. The van der Waals surface area contributed by atoms with Gasteiger partial charge in [-0.1, -0.05) is 30.3 Å². The molecule has 1 amide bonds. The second kappa shape index (κ2) is 8.08. The first-order valence-corrected chi connectivity index (χ1v) is 9.44. The van der Waals surface area contributed by atoms with Crippen molar-refractivity contribution < 1.29 is 4.79 Å². The number of hydrogen-bond donors (Lipinski definition) is 1. The summed E-state index contributed by atoms with van der Waals surface area (Å²) in [6.07, 6.45) is 3.19. The fourth-order valence-corrected chi connectivity index (χ4v) is 3.33. The van der Waals surface area contributed by atoms with E-state index in [1.165, 1.54) is 5.69 Å². The van der Waals surface area contributed by atoms with Crippen molar-refractivity contribution >= 4 is 23.2 Å². The van der Waals surface area contributed by atoms with Crippen LogP contribution < -0.4 is 15.1 Å². The van der Waals surface area contributed by atoms with Crippen molar-refractivity contribution in [1.82, 2.24) is 9.97 Å². The van der Waals surface area contributed by atoms with Gasteiger partial charge in [0.25, 0.3) is 5.91 Å². The maximum absolute atomic E-state index is 12.4. The van der Waals surface area contributed by atoms with Gasteiger partial charge in [0.1, 0.15) is 0 Å². The van der Waals surface area contributed by atoms with E-state index in [1.807, 2.05) is 37.3 Å². The number of nitrogens with one attached hydrogen (secondary N) is 1. The second-order valence-corrected chi connectivity index (χ2v) is 6.90. The van der Waals surface area contributed by atoms with E-state index in [0.717, 1.165) is 37.4 Å². The van der Waals surface area contributed by atoms with E-state index in [4.69, 9.17) is 0 Å².